The van der Waals surface area contributed by atoms with Crippen molar-refractivity contribution in [1.29, 1.82) is 0 Å². The van der Waals surface area contributed by atoms with Gasteiger partial charge in [-0.3, -0.25) is 9.59 Å². The van der Waals surface area contributed by atoms with E-state index in [1.807, 2.05) is 66.7 Å². The summed E-state index contributed by atoms with van der Waals surface area (Å²) in [5.41, 5.74) is 4.78. The average Bonchev–Trinajstić information content (AvgIpc) is 3.24. The Labute approximate surface area is 208 Å². The van der Waals surface area contributed by atoms with Gasteiger partial charge in [0.15, 0.2) is 0 Å². The number of nitrogens with one attached hydrogen (secondary N) is 1. The quantitative estimate of drug-likeness (QED) is 0.455. The van der Waals surface area contributed by atoms with E-state index in [0.717, 1.165) is 33.3 Å². The Morgan fingerprint density at radius 2 is 1.83 bits per heavy atom. The van der Waals surface area contributed by atoms with E-state index in [2.05, 4.69) is 11.1 Å². The molecule has 2 amide bonds. The van der Waals surface area contributed by atoms with Crippen LogP contribution in [-0.2, 0) is 22.6 Å². The molecule has 176 valence electrons. The monoisotopic (exact) mass is 485 g/mol. The molecule has 2 atom stereocenters. The Hall–Kier alpha value is -3.77. The Morgan fingerprint density at radius 3 is 2.66 bits per heavy atom. The van der Waals surface area contributed by atoms with E-state index < -0.39 is 12.1 Å². The molecule has 6 rings (SSSR count). The number of H-pyrrole nitrogens is 1. The molecular weight excluding hydrogens is 462 g/mol. The molecule has 4 aromatic rings. The van der Waals surface area contributed by atoms with Crippen LogP contribution in [-0.4, -0.2) is 46.3 Å². The van der Waals surface area contributed by atoms with E-state index in [4.69, 9.17) is 16.3 Å². The van der Waals surface area contributed by atoms with Gasteiger partial charge in [0.25, 0.3) is 0 Å². The summed E-state index contributed by atoms with van der Waals surface area (Å²) < 4.78 is 5.48. The van der Waals surface area contributed by atoms with Gasteiger partial charge in [0.1, 0.15) is 18.3 Å². The summed E-state index contributed by atoms with van der Waals surface area (Å²) in [7, 11) is 1.61. The number of methoxy groups -OCH3 is 1. The first-order chi connectivity index (χ1) is 17.0. The summed E-state index contributed by atoms with van der Waals surface area (Å²) in [6, 6.07) is 22.2. The zero-order chi connectivity index (χ0) is 24.1. The first-order valence-electron chi connectivity index (χ1n) is 11.6. The summed E-state index contributed by atoms with van der Waals surface area (Å²) in [6.45, 7) is 0.335. The molecule has 0 unspecified atom stereocenters. The molecule has 0 saturated carbocycles. The lowest BCUT2D eigenvalue weighted by Crippen LogP contribution is -2.62. The van der Waals surface area contributed by atoms with Crippen molar-refractivity contribution in [3.8, 4) is 5.75 Å². The number of aromatic amines is 1. The van der Waals surface area contributed by atoms with Crippen LogP contribution in [0, 0.1) is 0 Å². The number of halogens is 1. The Morgan fingerprint density at radius 1 is 1.03 bits per heavy atom. The van der Waals surface area contributed by atoms with Crippen LogP contribution in [0.2, 0.25) is 5.02 Å². The van der Waals surface area contributed by atoms with Crippen LogP contribution in [0.25, 0.3) is 10.9 Å². The van der Waals surface area contributed by atoms with E-state index >= 15 is 0 Å². The fraction of sp³-hybridized carbons (Fsp3) is 0.214. The molecule has 0 spiro atoms. The van der Waals surface area contributed by atoms with E-state index in [9.17, 15) is 9.59 Å². The van der Waals surface area contributed by atoms with Crippen molar-refractivity contribution in [2.24, 2.45) is 0 Å². The average molecular weight is 486 g/mol. The second kappa shape index (κ2) is 8.47. The molecule has 1 aromatic heterocycles. The Bertz CT molecular complexity index is 1460. The van der Waals surface area contributed by atoms with Crippen molar-refractivity contribution in [1.82, 2.24) is 14.8 Å². The number of ether oxygens (including phenoxy) is 1. The molecule has 1 saturated heterocycles. The first kappa shape index (κ1) is 21.7. The lowest BCUT2D eigenvalue weighted by atomic mass is 9.86. The molecule has 2 aliphatic rings. The normalized spacial score (nSPS) is 19.6. The third-order valence-electron chi connectivity index (χ3n) is 7.06. The van der Waals surface area contributed by atoms with Gasteiger partial charge in [0.05, 0.1) is 13.2 Å². The molecular formula is C28H24ClN3O3. The van der Waals surface area contributed by atoms with Crippen molar-refractivity contribution in [3.63, 3.8) is 0 Å². The van der Waals surface area contributed by atoms with Crippen molar-refractivity contribution in [2.45, 2.75) is 25.0 Å². The minimum absolute atomic E-state index is 0.0139. The maximum atomic E-state index is 13.9. The van der Waals surface area contributed by atoms with E-state index in [0.29, 0.717) is 23.7 Å². The summed E-state index contributed by atoms with van der Waals surface area (Å²) >= 11 is 6.35. The van der Waals surface area contributed by atoms with E-state index in [1.165, 1.54) is 0 Å². The van der Waals surface area contributed by atoms with Crippen LogP contribution in [0.15, 0.2) is 72.8 Å². The third-order valence-corrected chi connectivity index (χ3v) is 7.30. The van der Waals surface area contributed by atoms with Gasteiger partial charge in [-0.1, -0.05) is 60.1 Å². The zero-order valence-corrected chi connectivity index (χ0v) is 20.0. The number of carbonyl (C=O) groups is 2. The van der Waals surface area contributed by atoms with Gasteiger partial charge in [-0.05, 0) is 35.4 Å². The van der Waals surface area contributed by atoms with Crippen LogP contribution in [0.3, 0.4) is 0 Å². The maximum Gasteiger partial charge on any atom is 0.246 e. The first-order valence-corrected chi connectivity index (χ1v) is 12.0. The summed E-state index contributed by atoms with van der Waals surface area (Å²) in [5, 5.41) is 1.67. The third kappa shape index (κ3) is 3.56. The number of nitrogens with zero attached hydrogens (tertiary/aromatic N) is 2. The smallest absolute Gasteiger partial charge is 0.246 e. The van der Waals surface area contributed by atoms with E-state index in [-0.39, 0.29) is 18.4 Å². The Balaban J connectivity index is 1.45. The molecule has 6 nitrogen and oxygen atoms in total. The van der Waals surface area contributed by atoms with Crippen molar-refractivity contribution in [3.05, 3.63) is 100 Å². The second-order valence-electron chi connectivity index (χ2n) is 9.05. The minimum Gasteiger partial charge on any atom is -0.496 e. The maximum absolute atomic E-state index is 13.9. The van der Waals surface area contributed by atoms with Crippen LogP contribution >= 0.6 is 11.6 Å². The second-order valence-corrected chi connectivity index (χ2v) is 9.48. The number of rotatable bonds is 4. The van der Waals surface area contributed by atoms with Gasteiger partial charge < -0.3 is 19.5 Å². The van der Waals surface area contributed by atoms with Gasteiger partial charge in [-0.2, -0.15) is 0 Å². The van der Waals surface area contributed by atoms with E-state index in [1.54, 1.807) is 16.9 Å². The molecule has 0 bridgehead atoms. The van der Waals surface area contributed by atoms with Gasteiger partial charge in [0.2, 0.25) is 11.8 Å². The summed E-state index contributed by atoms with van der Waals surface area (Å²) in [4.78, 5) is 34.5. The number of hydrogen-bond acceptors (Lipinski definition) is 3. The van der Waals surface area contributed by atoms with Gasteiger partial charge in [-0.15, -0.1) is 0 Å². The lowest BCUT2D eigenvalue weighted by Gasteiger charge is -2.47. The SMILES string of the molecule is COc1ccccc1CN1CC(=O)N2[C@H](c3cccc(Cl)c3)c3[nH]c4ccccc4c3C[C@H]2C1=O. The van der Waals surface area contributed by atoms with Crippen LogP contribution in [0.1, 0.15) is 28.4 Å². The minimum atomic E-state index is -0.596. The highest BCUT2D eigenvalue weighted by atomic mass is 35.5. The van der Waals surface area contributed by atoms with Crippen LogP contribution < -0.4 is 4.74 Å². The largest absolute Gasteiger partial charge is 0.496 e. The number of aromatic nitrogens is 1. The van der Waals surface area contributed by atoms with Gasteiger partial charge >= 0.3 is 0 Å². The highest BCUT2D eigenvalue weighted by molar-refractivity contribution is 6.30. The number of piperazine rings is 1. The fourth-order valence-corrected chi connectivity index (χ4v) is 5.72. The molecule has 1 fully saturated rings. The molecule has 3 aromatic carbocycles. The fourth-order valence-electron chi connectivity index (χ4n) is 5.52. The molecule has 7 heteroatoms. The number of carbonyl (C=O) groups excluding carboxylic acids is 2. The highest BCUT2D eigenvalue weighted by Gasteiger charge is 2.48. The number of fused-ring (bicyclic) bond motifs is 4. The topological polar surface area (TPSA) is 65.6 Å². The number of hydrogen-bond donors (Lipinski definition) is 1. The van der Waals surface area contributed by atoms with Crippen LogP contribution in [0.4, 0.5) is 0 Å². The standard InChI is InChI=1S/C28H24ClN3O3/c1-35-24-12-5-2-7-18(24)15-31-16-25(33)32-23(28(31)34)14-21-20-10-3-4-11-22(20)30-26(21)27(32)17-8-6-9-19(29)13-17/h2-13,23,27,30H,14-16H2,1H3/t23-,27+/m0/s1. The molecule has 3 heterocycles. The highest BCUT2D eigenvalue weighted by Crippen LogP contribution is 2.43. The molecule has 1 N–H and O–H groups in total. The lowest BCUT2D eigenvalue weighted by molar-refractivity contribution is -0.159. The number of para-hydroxylation sites is 2. The zero-order valence-electron chi connectivity index (χ0n) is 19.2. The predicted octanol–water partition coefficient (Wildman–Crippen LogP) is 4.72. The molecule has 2 aliphatic heterocycles. The van der Waals surface area contributed by atoms with Crippen molar-refractivity contribution >= 4 is 34.3 Å². The van der Waals surface area contributed by atoms with Crippen molar-refractivity contribution < 1.29 is 14.3 Å². The summed E-state index contributed by atoms with van der Waals surface area (Å²) in [5.74, 6) is 0.562. The molecule has 35 heavy (non-hydrogen) atoms. The van der Waals surface area contributed by atoms with Gasteiger partial charge in [-0.25, -0.2) is 0 Å². The molecule has 0 aliphatic carbocycles. The van der Waals surface area contributed by atoms with Gasteiger partial charge in [0, 0.05) is 40.1 Å². The summed E-state index contributed by atoms with van der Waals surface area (Å²) in [6.07, 6.45) is 0.462. The number of amides is 2. The number of benzene rings is 3. The molecule has 0 radical (unpaired) electrons. The predicted molar refractivity (Wildman–Crippen MR) is 134 cm³/mol. The van der Waals surface area contributed by atoms with Crippen molar-refractivity contribution in [2.75, 3.05) is 13.7 Å². The van der Waals surface area contributed by atoms with Crippen LogP contribution in [0.5, 0.6) is 5.75 Å². The Kier molecular flexibility index (Phi) is 5.26.